The Balaban J connectivity index is 2.83. The summed E-state index contributed by atoms with van der Waals surface area (Å²) in [6.07, 6.45) is 1.66. The number of nitrogens with two attached hydrogens (primary N) is 1. The zero-order valence-corrected chi connectivity index (χ0v) is 9.65. The third kappa shape index (κ3) is 2.39. The second-order valence-electron chi connectivity index (χ2n) is 3.40. The van der Waals surface area contributed by atoms with Crippen LogP contribution in [-0.4, -0.2) is 16.8 Å². The van der Waals surface area contributed by atoms with Crippen molar-refractivity contribution >= 4 is 17.1 Å². The van der Waals surface area contributed by atoms with Gasteiger partial charge in [0.25, 0.3) is 0 Å². The highest BCUT2D eigenvalue weighted by atomic mass is 32.1. The Kier molecular flexibility index (Phi) is 3.77. The molecule has 0 fully saturated rings. The van der Waals surface area contributed by atoms with E-state index in [0.29, 0.717) is 5.69 Å². The molecular formula is C10H16N2OS. The van der Waals surface area contributed by atoms with Gasteiger partial charge in [0.1, 0.15) is 5.69 Å². The molecule has 1 atom stereocenters. The Hall–Kier alpha value is -0.740. The minimum atomic E-state index is -0.389. The summed E-state index contributed by atoms with van der Waals surface area (Å²) in [5.41, 5.74) is 6.32. The number of hydrogen-bond acceptors (Lipinski definition) is 4. The quantitative estimate of drug-likeness (QED) is 0.777. The Morgan fingerprint density at radius 1 is 1.57 bits per heavy atom. The van der Waals surface area contributed by atoms with E-state index in [-0.39, 0.29) is 11.8 Å². The number of aromatic nitrogens is 1. The van der Waals surface area contributed by atoms with Crippen LogP contribution in [0.25, 0.3) is 0 Å². The maximum Gasteiger partial charge on any atom is 0.198 e. The lowest BCUT2D eigenvalue weighted by Crippen LogP contribution is -2.30. The van der Waals surface area contributed by atoms with E-state index in [2.05, 4.69) is 4.98 Å². The van der Waals surface area contributed by atoms with Gasteiger partial charge in [0.2, 0.25) is 0 Å². The molecule has 0 aliphatic heterocycles. The van der Waals surface area contributed by atoms with Crippen molar-refractivity contribution in [2.24, 2.45) is 5.73 Å². The number of hydrogen-bond donors (Lipinski definition) is 1. The number of ketones is 1. The van der Waals surface area contributed by atoms with E-state index in [9.17, 15) is 4.79 Å². The van der Waals surface area contributed by atoms with E-state index in [1.54, 1.807) is 11.3 Å². The number of thiazole rings is 1. The average Bonchev–Trinajstić information content (AvgIpc) is 2.44. The number of nitrogens with zero attached hydrogens (tertiary/aromatic N) is 1. The summed E-state index contributed by atoms with van der Waals surface area (Å²) in [6, 6.07) is -0.389. The fraction of sp³-hybridized carbons (Fsp3) is 0.600. The van der Waals surface area contributed by atoms with Crippen molar-refractivity contribution in [2.75, 3.05) is 0 Å². The van der Waals surface area contributed by atoms with Gasteiger partial charge in [-0.25, -0.2) is 4.98 Å². The maximum absolute atomic E-state index is 11.8. The molecule has 1 aromatic rings. The van der Waals surface area contributed by atoms with E-state index in [0.717, 1.165) is 22.7 Å². The average molecular weight is 212 g/mol. The molecule has 0 saturated heterocycles. The van der Waals surface area contributed by atoms with Gasteiger partial charge < -0.3 is 5.73 Å². The Morgan fingerprint density at radius 2 is 2.21 bits per heavy atom. The molecule has 2 N–H and O–H groups in total. The van der Waals surface area contributed by atoms with Crippen molar-refractivity contribution in [3.05, 3.63) is 15.6 Å². The number of Topliss-reactive ketones (excluding diaryl/α,β-unsaturated/α-hetero) is 1. The second-order valence-corrected chi connectivity index (χ2v) is 4.80. The first-order valence-corrected chi connectivity index (χ1v) is 5.61. The summed E-state index contributed by atoms with van der Waals surface area (Å²) in [4.78, 5) is 17.0. The summed E-state index contributed by atoms with van der Waals surface area (Å²) in [6.45, 7) is 5.84. The van der Waals surface area contributed by atoms with Crippen LogP contribution in [0.2, 0.25) is 0 Å². The largest absolute Gasteiger partial charge is 0.321 e. The summed E-state index contributed by atoms with van der Waals surface area (Å²) >= 11 is 1.55. The summed E-state index contributed by atoms with van der Waals surface area (Å²) in [5, 5.41) is 0.926. The van der Waals surface area contributed by atoms with Crippen molar-refractivity contribution in [3.8, 4) is 0 Å². The van der Waals surface area contributed by atoms with Crippen LogP contribution in [0.5, 0.6) is 0 Å². The fourth-order valence-electron chi connectivity index (χ4n) is 1.38. The van der Waals surface area contributed by atoms with Crippen LogP contribution in [0.1, 0.15) is 40.1 Å². The zero-order chi connectivity index (χ0) is 10.7. The Bertz CT molecular complexity index is 333. The molecule has 0 bridgehead atoms. The van der Waals surface area contributed by atoms with Gasteiger partial charge in [-0.3, -0.25) is 4.79 Å². The van der Waals surface area contributed by atoms with E-state index in [4.69, 9.17) is 5.73 Å². The summed E-state index contributed by atoms with van der Waals surface area (Å²) in [5.74, 6) is -0.0197. The van der Waals surface area contributed by atoms with Crippen molar-refractivity contribution in [2.45, 2.75) is 39.7 Å². The monoisotopic (exact) mass is 212 g/mol. The second kappa shape index (κ2) is 4.66. The van der Waals surface area contributed by atoms with Crippen LogP contribution in [0.15, 0.2) is 0 Å². The predicted octanol–water partition coefficient (Wildman–Crippen LogP) is 2.07. The smallest absolute Gasteiger partial charge is 0.198 e. The SMILES string of the molecule is CCCC(N)C(=O)c1nc(C)sc1C. The fourth-order valence-corrected chi connectivity index (χ4v) is 2.20. The first-order valence-electron chi connectivity index (χ1n) is 4.80. The Labute approximate surface area is 88.3 Å². The van der Waals surface area contributed by atoms with E-state index < -0.39 is 0 Å². The van der Waals surface area contributed by atoms with Crippen molar-refractivity contribution in [3.63, 3.8) is 0 Å². The summed E-state index contributed by atoms with van der Waals surface area (Å²) in [7, 11) is 0. The van der Waals surface area contributed by atoms with Gasteiger partial charge in [0.05, 0.1) is 11.0 Å². The first-order chi connectivity index (χ1) is 6.56. The van der Waals surface area contributed by atoms with E-state index in [1.807, 2.05) is 20.8 Å². The van der Waals surface area contributed by atoms with Crippen LogP contribution < -0.4 is 5.73 Å². The third-order valence-electron chi connectivity index (χ3n) is 2.07. The molecule has 3 nitrogen and oxygen atoms in total. The molecule has 78 valence electrons. The van der Waals surface area contributed by atoms with Gasteiger partial charge in [0, 0.05) is 4.88 Å². The molecule has 0 saturated carbocycles. The molecule has 0 radical (unpaired) electrons. The molecule has 0 amide bonds. The number of aryl methyl sites for hydroxylation is 2. The standard InChI is InChI=1S/C10H16N2OS/c1-4-5-8(11)10(13)9-6(2)14-7(3)12-9/h8H,4-5,11H2,1-3H3. The number of carbonyl (C=O) groups excluding carboxylic acids is 1. The molecule has 14 heavy (non-hydrogen) atoms. The molecular weight excluding hydrogens is 196 g/mol. The van der Waals surface area contributed by atoms with Gasteiger partial charge in [-0.1, -0.05) is 13.3 Å². The van der Waals surface area contributed by atoms with Crippen molar-refractivity contribution in [1.82, 2.24) is 4.98 Å². The molecule has 0 aliphatic rings. The van der Waals surface area contributed by atoms with Crippen LogP contribution >= 0.6 is 11.3 Å². The van der Waals surface area contributed by atoms with Crippen molar-refractivity contribution < 1.29 is 4.79 Å². The molecule has 1 aromatic heterocycles. The predicted molar refractivity (Wildman–Crippen MR) is 58.8 cm³/mol. The molecule has 0 aromatic carbocycles. The maximum atomic E-state index is 11.8. The molecule has 0 aliphatic carbocycles. The van der Waals surface area contributed by atoms with Crippen LogP contribution in [-0.2, 0) is 0 Å². The molecule has 1 heterocycles. The van der Waals surface area contributed by atoms with Gasteiger partial charge in [-0.05, 0) is 20.3 Å². The normalized spacial score (nSPS) is 12.9. The van der Waals surface area contributed by atoms with Crippen molar-refractivity contribution in [1.29, 1.82) is 0 Å². The molecule has 1 rings (SSSR count). The van der Waals surface area contributed by atoms with Crippen LogP contribution in [0.3, 0.4) is 0 Å². The minimum Gasteiger partial charge on any atom is -0.321 e. The third-order valence-corrected chi connectivity index (χ3v) is 2.96. The molecule has 4 heteroatoms. The van der Waals surface area contributed by atoms with Gasteiger partial charge in [-0.2, -0.15) is 0 Å². The zero-order valence-electron chi connectivity index (χ0n) is 8.83. The highest BCUT2D eigenvalue weighted by Gasteiger charge is 2.19. The minimum absolute atomic E-state index is 0.0197. The van der Waals surface area contributed by atoms with E-state index >= 15 is 0 Å². The Morgan fingerprint density at radius 3 is 2.64 bits per heavy atom. The van der Waals surface area contributed by atoms with Crippen LogP contribution in [0.4, 0.5) is 0 Å². The van der Waals surface area contributed by atoms with Gasteiger partial charge in [-0.15, -0.1) is 11.3 Å². The lowest BCUT2D eigenvalue weighted by Gasteiger charge is -2.06. The lowest BCUT2D eigenvalue weighted by molar-refractivity contribution is 0.0952. The first kappa shape index (κ1) is 11.3. The molecule has 0 spiro atoms. The topological polar surface area (TPSA) is 56.0 Å². The highest BCUT2D eigenvalue weighted by molar-refractivity contribution is 7.11. The number of carbonyl (C=O) groups is 1. The molecule has 1 unspecified atom stereocenters. The van der Waals surface area contributed by atoms with Gasteiger partial charge >= 0.3 is 0 Å². The van der Waals surface area contributed by atoms with Gasteiger partial charge in [0.15, 0.2) is 5.78 Å². The summed E-state index contributed by atoms with van der Waals surface area (Å²) < 4.78 is 0. The van der Waals surface area contributed by atoms with E-state index in [1.165, 1.54) is 0 Å². The highest BCUT2D eigenvalue weighted by Crippen LogP contribution is 2.18. The lowest BCUT2D eigenvalue weighted by atomic mass is 10.1. The van der Waals surface area contributed by atoms with Crippen LogP contribution in [0, 0.1) is 13.8 Å². The number of rotatable bonds is 4.